The van der Waals surface area contributed by atoms with Crippen LogP contribution in [0.2, 0.25) is 0 Å². The van der Waals surface area contributed by atoms with Gasteiger partial charge in [0, 0.05) is 10.3 Å². The molecule has 2 rings (SSSR count). The summed E-state index contributed by atoms with van der Waals surface area (Å²) in [5, 5.41) is 1.98. The molecule has 0 aliphatic carbocycles. The summed E-state index contributed by atoms with van der Waals surface area (Å²) >= 11 is 2.69. The second-order valence-corrected chi connectivity index (χ2v) is 7.10. The molecule has 0 aliphatic rings. The van der Waals surface area contributed by atoms with E-state index in [4.69, 9.17) is 9.47 Å². The second-order valence-electron chi connectivity index (χ2n) is 5.10. The van der Waals surface area contributed by atoms with Crippen LogP contribution in [0.1, 0.15) is 62.8 Å². The molecule has 0 N–H and O–H groups in total. The number of rotatable bonds is 8. The molecule has 0 atom stereocenters. The molecule has 0 saturated carbocycles. The number of carbonyl (C=O) groups is 2. The number of aromatic nitrogens is 1. The lowest BCUT2D eigenvalue weighted by Gasteiger charge is -2.00. The van der Waals surface area contributed by atoms with E-state index < -0.39 is 5.97 Å². The van der Waals surface area contributed by atoms with E-state index >= 15 is 0 Å². The monoisotopic (exact) mass is 367 g/mol. The molecule has 0 amide bonds. The van der Waals surface area contributed by atoms with Gasteiger partial charge in [-0.05, 0) is 31.4 Å². The lowest BCUT2D eigenvalue weighted by molar-refractivity contribution is 0.0474. The smallest absolute Gasteiger partial charge is 0.367 e. The lowest BCUT2D eigenvalue weighted by atomic mass is 10.1. The van der Waals surface area contributed by atoms with Gasteiger partial charge < -0.3 is 9.47 Å². The number of carbonyl (C=O) groups excluding carboxylic acids is 2. The first-order chi connectivity index (χ1) is 11.6. The Morgan fingerprint density at radius 1 is 1.17 bits per heavy atom. The van der Waals surface area contributed by atoms with Crippen molar-refractivity contribution >= 4 is 34.6 Å². The molecule has 130 valence electrons. The summed E-state index contributed by atoms with van der Waals surface area (Å²) in [4.78, 5) is 29.8. The van der Waals surface area contributed by atoms with Crippen LogP contribution in [0.25, 0.3) is 0 Å². The van der Waals surface area contributed by atoms with Crippen LogP contribution in [-0.4, -0.2) is 23.5 Å². The van der Waals surface area contributed by atoms with Gasteiger partial charge >= 0.3 is 11.9 Å². The predicted octanol–water partition coefficient (Wildman–Crippen LogP) is 4.25. The Bertz CT molecular complexity index is 705. The van der Waals surface area contributed by atoms with Crippen LogP contribution >= 0.6 is 22.7 Å². The van der Waals surface area contributed by atoms with Crippen LogP contribution < -0.4 is 0 Å². The van der Waals surface area contributed by atoms with Crippen LogP contribution in [0.5, 0.6) is 0 Å². The number of thiazole rings is 1. The zero-order valence-electron chi connectivity index (χ0n) is 14.1. The third kappa shape index (κ3) is 4.64. The number of ether oxygens (including phenoxy) is 2. The molecule has 2 aromatic heterocycles. The molecule has 5 nitrogen and oxygen atoms in total. The van der Waals surface area contributed by atoms with Crippen molar-refractivity contribution in [2.24, 2.45) is 0 Å². The Labute approximate surface area is 149 Å². The van der Waals surface area contributed by atoms with Gasteiger partial charge in [-0.1, -0.05) is 20.3 Å². The van der Waals surface area contributed by atoms with E-state index in [0.717, 1.165) is 19.3 Å². The van der Waals surface area contributed by atoms with E-state index in [2.05, 4.69) is 18.8 Å². The quantitative estimate of drug-likeness (QED) is 0.653. The maximum Gasteiger partial charge on any atom is 0.367 e. The Kier molecular flexibility index (Phi) is 6.93. The maximum atomic E-state index is 12.2. The van der Waals surface area contributed by atoms with E-state index in [0.29, 0.717) is 17.2 Å². The van der Waals surface area contributed by atoms with Gasteiger partial charge in [0.15, 0.2) is 0 Å². The molecule has 2 heterocycles. The van der Waals surface area contributed by atoms with Crippen LogP contribution in [-0.2, 0) is 28.9 Å². The largest absolute Gasteiger partial charge is 0.461 e. The van der Waals surface area contributed by atoms with Crippen LogP contribution in [0.3, 0.4) is 0 Å². The van der Waals surface area contributed by atoms with E-state index in [9.17, 15) is 9.59 Å². The molecule has 0 saturated heterocycles. The highest BCUT2D eigenvalue weighted by molar-refractivity contribution is 7.14. The number of thiophene rings is 1. The number of aryl methyl sites for hydroxylation is 2. The van der Waals surface area contributed by atoms with Crippen LogP contribution in [0, 0.1) is 0 Å². The topological polar surface area (TPSA) is 65.5 Å². The molecule has 24 heavy (non-hydrogen) atoms. The van der Waals surface area contributed by atoms with Crippen LogP contribution in [0.4, 0.5) is 0 Å². The van der Waals surface area contributed by atoms with Gasteiger partial charge in [-0.25, -0.2) is 14.6 Å². The zero-order chi connectivity index (χ0) is 17.5. The van der Waals surface area contributed by atoms with E-state index in [1.807, 2.05) is 6.07 Å². The number of nitrogens with zero attached hydrogens (tertiary/aromatic N) is 1. The highest BCUT2D eigenvalue weighted by atomic mass is 32.1. The van der Waals surface area contributed by atoms with Gasteiger partial charge in [0.05, 0.1) is 12.3 Å². The minimum Gasteiger partial charge on any atom is -0.461 e. The minimum absolute atomic E-state index is 0.0528. The van der Waals surface area contributed by atoms with Crippen molar-refractivity contribution < 1.29 is 19.1 Å². The van der Waals surface area contributed by atoms with Gasteiger partial charge in [0.2, 0.25) is 5.01 Å². The molecule has 0 unspecified atom stereocenters. The number of esters is 2. The van der Waals surface area contributed by atoms with Crippen molar-refractivity contribution in [3.63, 3.8) is 0 Å². The Morgan fingerprint density at radius 2 is 1.96 bits per heavy atom. The van der Waals surface area contributed by atoms with E-state index in [1.165, 1.54) is 33.1 Å². The fourth-order valence-electron chi connectivity index (χ4n) is 2.18. The third-order valence-electron chi connectivity index (χ3n) is 3.31. The molecule has 0 bridgehead atoms. The summed E-state index contributed by atoms with van der Waals surface area (Å²) in [6, 6.07) is 1.92. The maximum absolute atomic E-state index is 12.2. The first kappa shape index (κ1) is 18.6. The van der Waals surface area contributed by atoms with Gasteiger partial charge in [-0.3, -0.25) is 0 Å². The first-order valence-electron chi connectivity index (χ1n) is 7.99. The zero-order valence-corrected chi connectivity index (χ0v) is 15.7. The molecule has 7 heteroatoms. The fourth-order valence-corrected chi connectivity index (χ4v) is 4.12. The molecule has 0 aliphatic heterocycles. The molecule has 0 fully saturated rings. The van der Waals surface area contributed by atoms with E-state index in [1.54, 1.807) is 12.3 Å². The normalized spacial score (nSPS) is 10.6. The highest BCUT2D eigenvalue weighted by Gasteiger charge is 2.16. The SMILES string of the molecule is CCCc1sc(C(=O)OCc2csc(C(=O)OCC)n2)cc1CC. The fraction of sp³-hybridized carbons (Fsp3) is 0.471. The van der Waals surface area contributed by atoms with Crippen molar-refractivity contribution in [1.29, 1.82) is 0 Å². The first-order valence-corrected chi connectivity index (χ1v) is 9.68. The highest BCUT2D eigenvalue weighted by Crippen LogP contribution is 2.25. The second kappa shape index (κ2) is 8.94. The Hall–Kier alpha value is -1.73. The Balaban J connectivity index is 1.97. The molecule has 0 radical (unpaired) electrons. The molecule has 0 aromatic carbocycles. The average Bonchev–Trinajstić information content (AvgIpc) is 3.20. The van der Waals surface area contributed by atoms with Gasteiger partial charge in [-0.2, -0.15) is 0 Å². The molecule has 0 spiro atoms. The standard InChI is InChI=1S/C17H21NO4S2/c1-4-7-13-11(5-2)8-14(24-13)16(19)22-9-12-10-23-15(18-12)17(20)21-6-3/h8,10H,4-7,9H2,1-3H3. The summed E-state index contributed by atoms with van der Waals surface area (Å²) in [6.07, 6.45) is 2.95. The van der Waals surface area contributed by atoms with Crippen molar-refractivity contribution in [3.8, 4) is 0 Å². The van der Waals surface area contributed by atoms with Gasteiger partial charge in [0.1, 0.15) is 11.5 Å². The summed E-state index contributed by atoms with van der Waals surface area (Å²) in [5.41, 5.74) is 1.77. The molecule has 2 aromatic rings. The van der Waals surface area contributed by atoms with E-state index in [-0.39, 0.29) is 17.6 Å². The minimum atomic E-state index is -0.449. The Morgan fingerprint density at radius 3 is 2.62 bits per heavy atom. The van der Waals surface area contributed by atoms with Crippen molar-refractivity contribution in [2.45, 2.75) is 46.6 Å². The number of hydrogen-bond donors (Lipinski definition) is 0. The third-order valence-corrected chi connectivity index (χ3v) is 5.40. The van der Waals surface area contributed by atoms with Gasteiger partial charge in [0.25, 0.3) is 0 Å². The summed E-state index contributed by atoms with van der Waals surface area (Å²) in [7, 11) is 0. The number of hydrogen-bond acceptors (Lipinski definition) is 7. The molecular weight excluding hydrogens is 346 g/mol. The average molecular weight is 367 g/mol. The van der Waals surface area contributed by atoms with Crippen molar-refractivity contribution in [2.75, 3.05) is 6.61 Å². The van der Waals surface area contributed by atoms with Gasteiger partial charge in [-0.15, -0.1) is 22.7 Å². The summed E-state index contributed by atoms with van der Waals surface area (Å²) < 4.78 is 10.2. The van der Waals surface area contributed by atoms with Crippen molar-refractivity contribution in [3.05, 3.63) is 37.5 Å². The predicted molar refractivity (Wildman–Crippen MR) is 94.9 cm³/mol. The molecular formula is C17H21NO4S2. The summed E-state index contributed by atoms with van der Waals surface area (Å²) in [5.74, 6) is -0.794. The lowest BCUT2D eigenvalue weighted by Crippen LogP contribution is -2.06. The van der Waals surface area contributed by atoms with Crippen molar-refractivity contribution in [1.82, 2.24) is 4.98 Å². The summed E-state index contributed by atoms with van der Waals surface area (Å²) in [6.45, 7) is 6.31. The van der Waals surface area contributed by atoms with Crippen LogP contribution in [0.15, 0.2) is 11.4 Å².